The molecule has 3 aliphatic rings. The predicted octanol–water partition coefficient (Wildman–Crippen LogP) is 5.04. The molecular formula is C27H27ClFN5O3. The van der Waals surface area contributed by atoms with E-state index in [1.807, 2.05) is 0 Å². The van der Waals surface area contributed by atoms with Crippen LogP contribution >= 0.6 is 11.6 Å². The Hall–Kier alpha value is -3.43. The lowest BCUT2D eigenvalue weighted by Gasteiger charge is -2.27. The van der Waals surface area contributed by atoms with Gasteiger partial charge in [-0.25, -0.2) is 9.37 Å². The van der Waals surface area contributed by atoms with Gasteiger partial charge in [-0.05, 0) is 74.2 Å². The molecule has 8 nitrogen and oxygen atoms in total. The van der Waals surface area contributed by atoms with Crippen molar-refractivity contribution in [3.8, 4) is 5.75 Å². The number of carboxylic acid groups (broad SMARTS) is 1. The van der Waals surface area contributed by atoms with Gasteiger partial charge in [0.05, 0.1) is 18.0 Å². The zero-order valence-electron chi connectivity index (χ0n) is 20.6. The summed E-state index contributed by atoms with van der Waals surface area (Å²) in [7, 11) is 2.10. The van der Waals surface area contributed by atoms with Crippen LogP contribution in [-0.2, 0) is 23.2 Å². The van der Waals surface area contributed by atoms with Crippen LogP contribution in [0.15, 0.2) is 36.5 Å². The number of hydrogen-bond donors (Lipinski definition) is 2. The number of anilines is 4. The van der Waals surface area contributed by atoms with E-state index < -0.39 is 17.2 Å². The SMILES string of the molecule is CN1CCc2cc(OC3CC3)c(Nc3ncc(Cl)c(N4CC(C)(C(=O)O)c5ccc(F)cc54)n3)cc2C1. The minimum atomic E-state index is -1.25. The summed E-state index contributed by atoms with van der Waals surface area (Å²) < 4.78 is 20.4. The maximum absolute atomic E-state index is 14.2. The van der Waals surface area contributed by atoms with Crippen molar-refractivity contribution in [2.45, 2.75) is 44.2 Å². The summed E-state index contributed by atoms with van der Waals surface area (Å²) in [6, 6.07) is 8.29. The van der Waals surface area contributed by atoms with Crippen LogP contribution in [0.3, 0.4) is 0 Å². The first-order valence-electron chi connectivity index (χ1n) is 12.3. The largest absolute Gasteiger partial charge is 0.488 e. The number of ether oxygens (including phenoxy) is 1. The number of carbonyl (C=O) groups is 1. The molecule has 2 N–H and O–H groups in total. The number of fused-ring (bicyclic) bond motifs is 2. The van der Waals surface area contributed by atoms with Gasteiger partial charge in [-0.3, -0.25) is 4.79 Å². The summed E-state index contributed by atoms with van der Waals surface area (Å²) in [4.78, 5) is 25.1. The minimum Gasteiger partial charge on any atom is -0.488 e. The monoisotopic (exact) mass is 523 g/mol. The van der Waals surface area contributed by atoms with E-state index in [2.05, 4.69) is 39.4 Å². The summed E-state index contributed by atoms with van der Waals surface area (Å²) >= 11 is 6.51. The molecule has 1 unspecified atom stereocenters. The molecule has 0 bridgehead atoms. The summed E-state index contributed by atoms with van der Waals surface area (Å²) in [6.07, 6.45) is 4.72. The highest BCUT2D eigenvalue weighted by Gasteiger charge is 2.46. The van der Waals surface area contributed by atoms with Gasteiger partial charge in [0.25, 0.3) is 0 Å². The molecule has 6 rings (SSSR count). The molecule has 3 heterocycles. The Morgan fingerprint density at radius 1 is 1.27 bits per heavy atom. The molecule has 0 spiro atoms. The van der Waals surface area contributed by atoms with Crippen LogP contribution in [0.1, 0.15) is 36.5 Å². The first-order valence-corrected chi connectivity index (χ1v) is 12.7. The molecule has 0 amide bonds. The average molecular weight is 524 g/mol. The predicted molar refractivity (Wildman–Crippen MR) is 139 cm³/mol. The summed E-state index contributed by atoms with van der Waals surface area (Å²) in [5, 5.41) is 13.5. The van der Waals surface area contributed by atoms with Gasteiger partial charge < -0.3 is 25.0 Å². The Kier molecular flexibility index (Phi) is 5.72. The second-order valence-electron chi connectivity index (χ2n) is 10.3. The maximum atomic E-state index is 14.2. The summed E-state index contributed by atoms with van der Waals surface area (Å²) in [6.45, 7) is 3.51. The molecule has 0 saturated heterocycles. The Balaban J connectivity index is 1.38. The molecule has 2 aliphatic heterocycles. The maximum Gasteiger partial charge on any atom is 0.315 e. The fourth-order valence-electron chi connectivity index (χ4n) is 5.07. The molecule has 1 atom stereocenters. The molecule has 37 heavy (non-hydrogen) atoms. The van der Waals surface area contributed by atoms with Crippen molar-refractivity contribution in [1.82, 2.24) is 14.9 Å². The highest BCUT2D eigenvalue weighted by atomic mass is 35.5. The van der Waals surface area contributed by atoms with E-state index in [1.165, 1.54) is 35.5 Å². The van der Waals surface area contributed by atoms with Gasteiger partial charge in [0, 0.05) is 25.3 Å². The number of likely N-dealkylation sites (N-methyl/N-ethyl adjacent to an activating group) is 1. The van der Waals surface area contributed by atoms with Gasteiger partial charge in [0.15, 0.2) is 5.82 Å². The Bertz CT molecular complexity index is 1420. The first-order chi connectivity index (χ1) is 17.7. The number of hydrogen-bond acceptors (Lipinski definition) is 7. The quantitative estimate of drug-likeness (QED) is 0.464. The van der Waals surface area contributed by atoms with Crippen molar-refractivity contribution in [3.63, 3.8) is 0 Å². The number of rotatable bonds is 6. The van der Waals surface area contributed by atoms with Crippen LogP contribution in [-0.4, -0.2) is 52.2 Å². The fraction of sp³-hybridized carbons (Fsp3) is 0.370. The van der Waals surface area contributed by atoms with Gasteiger partial charge in [0.2, 0.25) is 5.95 Å². The van der Waals surface area contributed by atoms with Gasteiger partial charge in [-0.15, -0.1) is 0 Å². The molecule has 0 radical (unpaired) electrons. The van der Waals surface area contributed by atoms with Gasteiger partial charge >= 0.3 is 5.97 Å². The lowest BCUT2D eigenvalue weighted by molar-refractivity contribution is -0.142. The van der Waals surface area contributed by atoms with E-state index in [9.17, 15) is 14.3 Å². The van der Waals surface area contributed by atoms with E-state index in [0.29, 0.717) is 17.1 Å². The smallest absolute Gasteiger partial charge is 0.315 e. The summed E-state index contributed by atoms with van der Waals surface area (Å²) in [5.41, 5.74) is 2.93. The lowest BCUT2D eigenvalue weighted by atomic mass is 9.85. The van der Waals surface area contributed by atoms with Crippen molar-refractivity contribution in [2.75, 3.05) is 30.4 Å². The number of carboxylic acids is 1. The normalized spacial score (nSPS) is 20.9. The number of aromatic nitrogens is 2. The molecule has 10 heteroatoms. The zero-order chi connectivity index (χ0) is 25.9. The van der Waals surface area contributed by atoms with Crippen LogP contribution in [0, 0.1) is 5.82 Å². The molecule has 1 aliphatic carbocycles. The number of aliphatic carboxylic acids is 1. The van der Waals surface area contributed by atoms with Crippen molar-refractivity contribution in [1.29, 1.82) is 0 Å². The van der Waals surface area contributed by atoms with E-state index >= 15 is 0 Å². The number of halogens is 2. The third kappa shape index (κ3) is 4.36. The van der Waals surface area contributed by atoms with Gasteiger partial charge in [-0.1, -0.05) is 17.7 Å². The molecule has 1 saturated carbocycles. The third-order valence-corrected chi connectivity index (χ3v) is 7.61. The van der Waals surface area contributed by atoms with Crippen LogP contribution in [0.25, 0.3) is 0 Å². The van der Waals surface area contributed by atoms with Crippen LogP contribution in [0.5, 0.6) is 5.75 Å². The average Bonchev–Trinajstić information content (AvgIpc) is 3.63. The van der Waals surface area contributed by atoms with Crippen LogP contribution < -0.4 is 15.0 Å². The topological polar surface area (TPSA) is 90.8 Å². The molecule has 1 aromatic heterocycles. The molecule has 3 aromatic rings. The van der Waals surface area contributed by atoms with Crippen LogP contribution in [0.2, 0.25) is 5.02 Å². The minimum absolute atomic E-state index is 0.0541. The van der Waals surface area contributed by atoms with E-state index in [4.69, 9.17) is 16.3 Å². The second-order valence-corrected chi connectivity index (χ2v) is 10.7. The Morgan fingerprint density at radius 2 is 2.08 bits per heavy atom. The number of nitrogens with one attached hydrogen (secondary N) is 1. The summed E-state index contributed by atoms with van der Waals surface area (Å²) in [5.74, 6) is -0.127. The molecular weight excluding hydrogens is 497 g/mol. The lowest BCUT2D eigenvalue weighted by Crippen LogP contribution is -2.36. The van der Waals surface area contributed by atoms with Crippen molar-refractivity contribution < 1.29 is 19.0 Å². The van der Waals surface area contributed by atoms with E-state index in [1.54, 1.807) is 11.8 Å². The van der Waals surface area contributed by atoms with Crippen molar-refractivity contribution in [2.24, 2.45) is 0 Å². The Labute approximate surface area is 219 Å². The van der Waals surface area contributed by atoms with Crippen LogP contribution in [0.4, 0.5) is 27.5 Å². The van der Waals surface area contributed by atoms with Gasteiger partial charge in [-0.2, -0.15) is 4.98 Å². The zero-order valence-corrected chi connectivity index (χ0v) is 21.3. The molecule has 192 valence electrons. The van der Waals surface area contributed by atoms with Crippen molar-refractivity contribution in [3.05, 3.63) is 64.1 Å². The number of nitrogens with zero attached hydrogens (tertiary/aromatic N) is 4. The first kappa shape index (κ1) is 23.9. The van der Waals surface area contributed by atoms with E-state index in [0.717, 1.165) is 43.8 Å². The highest BCUT2D eigenvalue weighted by molar-refractivity contribution is 6.33. The fourth-order valence-corrected chi connectivity index (χ4v) is 5.26. The second kappa shape index (κ2) is 8.85. The Morgan fingerprint density at radius 3 is 2.84 bits per heavy atom. The third-order valence-electron chi connectivity index (χ3n) is 7.34. The van der Waals surface area contributed by atoms with Crippen molar-refractivity contribution >= 4 is 40.7 Å². The standard InChI is InChI=1S/C27H27ClFN5O3/c1-27(25(35)36)14-34(22-11-17(29)3-6-19(22)27)24-20(28)12-30-26(32-24)31-21-9-16-13-33(2)8-7-15(16)10-23(21)37-18-4-5-18/h3,6,9-12,18H,4-5,7-8,13-14H2,1-2H3,(H,35,36)(H,30,31,32). The van der Waals surface area contributed by atoms with Gasteiger partial charge in [0.1, 0.15) is 22.0 Å². The molecule has 2 aromatic carbocycles. The molecule has 1 fully saturated rings. The highest BCUT2D eigenvalue weighted by Crippen LogP contribution is 2.46. The van der Waals surface area contributed by atoms with E-state index in [-0.39, 0.29) is 23.6 Å². The number of benzene rings is 2.